The zero-order chi connectivity index (χ0) is 29.5. The largest absolute Gasteiger partial charge is 0.462 e. The van der Waals surface area contributed by atoms with Crippen LogP contribution in [0.5, 0.6) is 6.01 Å². The van der Waals surface area contributed by atoms with E-state index in [1.165, 1.54) is 6.07 Å². The van der Waals surface area contributed by atoms with E-state index in [2.05, 4.69) is 32.3 Å². The van der Waals surface area contributed by atoms with Crippen molar-refractivity contribution in [3.05, 3.63) is 40.0 Å². The first-order valence-corrected chi connectivity index (χ1v) is 14.7. The Bertz CT molecular complexity index is 1730. The number of nitrogens with one attached hydrogen (secondary N) is 2. The van der Waals surface area contributed by atoms with E-state index >= 15 is 8.78 Å². The van der Waals surface area contributed by atoms with Crippen molar-refractivity contribution in [2.45, 2.75) is 63.8 Å². The molecule has 42 heavy (non-hydrogen) atoms. The molecule has 4 atom stereocenters. The molecule has 222 valence electrons. The second-order valence-corrected chi connectivity index (χ2v) is 12.8. The van der Waals surface area contributed by atoms with Gasteiger partial charge in [-0.1, -0.05) is 11.6 Å². The van der Waals surface area contributed by atoms with Crippen LogP contribution in [-0.2, 0) is 0 Å². The van der Waals surface area contributed by atoms with Crippen molar-refractivity contribution in [1.82, 2.24) is 30.4 Å². The lowest BCUT2D eigenvalue weighted by Gasteiger charge is -2.40. The molecule has 5 heterocycles. The Labute approximate surface area is 246 Å². The minimum atomic E-state index is -0.931. The number of alkyl halides is 1. The number of aromatic nitrogens is 4. The lowest BCUT2D eigenvalue weighted by Crippen LogP contribution is -2.58. The average molecular weight is 600 g/mol. The summed E-state index contributed by atoms with van der Waals surface area (Å²) in [6, 6.07) is 3.17. The Hall–Kier alpha value is -3.15. The number of piperazine rings is 1. The van der Waals surface area contributed by atoms with Gasteiger partial charge in [-0.05, 0) is 64.8 Å². The van der Waals surface area contributed by atoms with Gasteiger partial charge in [-0.15, -0.1) is 0 Å². The molecular weight excluding hydrogens is 567 g/mol. The highest BCUT2D eigenvalue weighted by molar-refractivity contribution is 6.36. The molecular formula is C30H33ClF3N7O. The van der Waals surface area contributed by atoms with Crippen LogP contribution in [-0.4, -0.2) is 82.1 Å². The van der Waals surface area contributed by atoms with Gasteiger partial charge in [0.25, 0.3) is 0 Å². The van der Waals surface area contributed by atoms with E-state index < -0.39 is 17.8 Å². The van der Waals surface area contributed by atoms with Gasteiger partial charge in [-0.2, -0.15) is 15.1 Å². The SMILES string of the molecule is Cc1cc2[nH]nc(C)c2c(-c2c(F)cc3c(N4C[C@H]5CC[C@@](C)(C4)N5)nc(OC[C@@H]4C[C@@H](F)CN4C)nc3c2F)c1Cl. The molecule has 2 aromatic carbocycles. The molecule has 3 saturated heterocycles. The molecule has 0 aliphatic carbocycles. The summed E-state index contributed by atoms with van der Waals surface area (Å²) >= 11 is 6.73. The number of likely N-dealkylation sites (tertiary alicyclic amines) is 1. The van der Waals surface area contributed by atoms with Crippen LogP contribution in [0, 0.1) is 25.5 Å². The molecule has 2 aromatic heterocycles. The molecule has 0 amide bonds. The molecule has 2 bridgehead atoms. The third kappa shape index (κ3) is 4.48. The minimum Gasteiger partial charge on any atom is -0.462 e. The van der Waals surface area contributed by atoms with Gasteiger partial charge in [-0.3, -0.25) is 10.00 Å². The van der Waals surface area contributed by atoms with Gasteiger partial charge in [0, 0.05) is 53.6 Å². The van der Waals surface area contributed by atoms with E-state index in [4.69, 9.17) is 21.3 Å². The van der Waals surface area contributed by atoms with Crippen molar-refractivity contribution in [2.24, 2.45) is 0 Å². The number of halogens is 4. The van der Waals surface area contributed by atoms with Crippen molar-refractivity contribution in [2.75, 3.05) is 38.2 Å². The van der Waals surface area contributed by atoms with Crippen LogP contribution in [0.2, 0.25) is 5.02 Å². The van der Waals surface area contributed by atoms with E-state index in [1.54, 1.807) is 13.8 Å². The molecule has 3 aliphatic heterocycles. The third-order valence-corrected chi connectivity index (χ3v) is 9.65. The van der Waals surface area contributed by atoms with Gasteiger partial charge >= 0.3 is 6.01 Å². The van der Waals surface area contributed by atoms with Gasteiger partial charge in [0.1, 0.15) is 29.9 Å². The van der Waals surface area contributed by atoms with E-state index in [1.807, 2.05) is 18.0 Å². The lowest BCUT2D eigenvalue weighted by molar-refractivity contribution is 0.188. The van der Waals surface area contributed by atoms with Crippen LogP contribution in [0.15, 0.2) is 12.1 Å². The average Bonchev–Trinajstić information content (AvgIpc) is 3.56. The summed E-state index contributed by atoms with van der Waals surface area (Å²) in [5.41, 5.74) is 1.62. The fraction of sp³-hybridized carbons (Fsp3) is 0.500. The molecule has 12 heteroatoms. The van der Waals surface area contributed by atoms with Crippen molar-refractivity contribution in [1.29, 1.82) is 0 Å². The zero-order valence-electron chi connectivity index (χ0n) is 24.0. The van der Waals surface area contributed by atoms with E-state index in [0.717, 1.165) is 12.8 Å². The first kappa shape index (κ1) is 27.7. The monoisotopic (exact) mass is 599 g/mol. The van der Waals surface area contributed by atoms with Crippen LogP contribution in [0.4, 0.5) is 19.0 Å². The van der Waals surface area contributed by atoms with Crippen LogP contribution in [0.25, 0.3) is 32.9 Å². The van der Waals surface area contributed by atoms with Crippen molar-refractivity contribution < 1.29 is 17.9 Å². The van der Waals surface area contributed by atoms with Crippen LogP contribution < -0.4 is 15.0 Å². The predicted octanol–water partition coefficient (Wildman–Crippen LogP) is 5.47. The van der Waals surface area contributed by atoms with Crippen molar-refractivity contribution in [3.8, 4) is 17.1 Å². The zero-order valence-corrected chi connectivity index (χ0v) is 24.7. The van der Waals surface area contributed by atoms with E-state index in [-0.39, 0.29) is 57.3 Å². The molecule has 0 radical (unpaired) electrons. The summed E-state index contributed by atoms with van der Waals surface area (Å²) in [5.74, 6) is -1.19. The van der Waals surface area contributed by atoms with Gasteiger partial charge in [0.05, 0.1) is 21.8 Å². The summed E-state index contributed by atoms with van der Waals surface area (Å²) in [4.78, 5) is 13.2. The number of fused-ring (bicyclic) bond motifs is 4. The summed E-state index contributed by atoms with van der Waals surface area (Å²) in [7, 11) is 1.84. The highest BCUT2D eigenvalue weighted by Gasteiger charge is 2.42. The quantitative estimate of drug-likeness (QED) is 0.315. The predicted molar refractivity (Wildman–Crippen MR) is 157 cm³/mol. The summed E-state index contributed by atoms with van der Waals surface area (Å²) in [6.45, 7) is 7.44. The second-order valence-electron chi connectivity index (χ2n) is 12.4. The highest BCUT2D eigenvalue weighted by atomic mass is 35.5. The second kappa shape index (κ2) is 9.96. The molecule has 0 spiro atoms. The number of rotatable bonds is 5. The number of nitrogens with zero attached hydrogens (tertiary/aromatic N) is 5. The van der Waals surface area contributed by atoms with Crippen LogP contribution in [0.3, 0.4) is 0 Å². The Morgan fingerprint density at radius 1 is 1.17 bits per heavy atom. The molecule has 4 aromatic rings. The summed E-state index contributed by atoms with van der Waals surface area (Å²) < 4.78 is 53.0. The maximum atomic E-state index is 16.8. The van der Waals surface area contributed by atoms with Crippen LogP contribution in [0.1, 0.15) is 37.4 Å². The third-order valence-electron chi connectivity index (χ3n) is 9.16. The molecule has 3 aliphatic rings. The number of aromatic amines is 1. The van der Waals surface area contributed by atoms with E-state index in [9.17, 15) is 4.39 Å². The summed E-state index contributed by atoms with van der Waals surface area (Å²) in [6.07, 6.45) is 1.41. The Balaban J connectivity index is 1.41. The van der Waals surface area contributed by atoms with Crippen molar-refractivity contribution >= 4 is 39.2 Å². The minimum absolute atomic E-state index is 0.0272. The number of H-pyrrole nitrogens is 1. The lowest BCUT2D eigenvalue weighted by atomic mass is 9.95. The maximum Gasteiger partial charge on any atom is 0.319 e. The normalized spacial score (nSPS) is 26.2. The highest BCUT2D eigenvalue weighted by Crippen LogP contribution is 2.44. The van der Waals surface area contributed by atoms with Gasteiger partial charge in [0.15, 0.2) is 5.82 Å². The molecule has 2 N–H and O–H groups in total. The number of likely N-dealkylation sites (N-methyl/N-ethyl adjacent to an activating group) is 1. The number of hydrogen-bond donors (Lipinski definition) is 2. The molecule has 0 unspecified atom stereocenters. The van der Waals surface area contributed by atoms with E-state index in [0.29, 0.717) is 54.0 Å². The first-order valence-electron chi connectivity index (χ1n) is 14.3. The molecule has 8 nitrogen and oxygen atoms in total. The Kier molecular flexibility index (Phi) is 6.56. The topological polar surface area (TPSA) is 82.2 Å². The Morgan fingerprint density at radius 2 is 1.98 bits per heavy atom. The van der Waals surface area contributed by atoms with Crippen molar-refractivity contribution in [3.63, 3.8) is 0 Å². The number of benzene rings is 2. The maximum absolute atomic E-state index is 16.8. The molecule has 7 rings (SSSR count). The first-order chi connectivity index (χ1) is 20.0. The fourth-order valence-corrected chi connectivity index (χ4v) is 7.31. The van der Waals surface area contributed by atoms with Gasteiger partial charge in [0.2, 0.25) is 0 Å². The van der Waals surface area contributed by atoms with Gasteiger partial charge in [-0.25, -0.2) is 13.2 Å². The molecule has 3 fully saturated rings. The number of anilines is 1. The number of ether oxygens (including phenoxy) is 1. The number of aryl methyl sites for hydroxylation is 2. The number of hydrogen-bond acceptors (Lipinski definition) is 7. The Morgan fingerprint density at radius 3 is 2.71 bits per heavy atom. The molecule has 0 saturated carbocycles. The fourth-order valence-electron chi connectivity index (χ4n) is 7.07. The smallest absolute Gasteiger partial charge is 0.319 e. The standard InChI is InChI=1S/C30H33ClF3N7O/c1-14-7-21-22(15(2)38-39-21)24(25(14)31)23-20(33)9-19-27(26(23)34)35-29(42-12-18-8-16(32)10-40(18)4)36-28(19)41-11-17-5-6-30(3,13-41)37-17/h7,9,16-18,37H,5-6,8,10-13H2,1-4H3,(H,38,39)/t16-,17-,18+,30+/m1/s1. The van der Waals surface area contributed by atoms with Gasteiger partial charge < -0.3 is 15.0 Å². The summed E-state index contributed by atoms with van der Waals surface area (Å²) in [5, 5.41) is 11.9. The van der Waals surface area contributed by atoms with Crippen LogP contribution >= 0.6 is 11.6 Å².